The van der Waals surface area contributed by atoms with Crippen molar-refractivity contribution in [2.45, 2.75) is 17.9 Å². The van der Waals surface area contributed by atoms with Crippen LogP contribution in [0.25, 0.3) is 10.9 Å². The Kier molecular flexibility index (Phi) is 4.58. The second kappa shape index (κ2) is 6.57. The predicted molar refractivity (Wildman–Crippen MR) is 98.3 cm³/mol. The second-order valence-electron chi connectivity index (χ2n) is 6.32. The van der Waals surface area contributed by atoms with Crippen molar-refractivity contribution in [3.05, 3.63) is 65.6 Å². The Hall–Kier alpha value is -2.67. The number of H-pyrrole nitrogens is 1. The molecule has 1 heterocycles. The highest BCUT2D eigenvalue weighted by Gasteiger charge is 2.21. The molecule has 1 atom stereocenters. The number of aromatic amines is 1. The minimum atomic E-state index is -3.26. The Morgan fingerprint density at radius 1 is 1.15 bits per heavy atom. The van der Waals surface area contributed by atoms with E-state index in [0.717, 1.165) is 11.8 Å². The molecule has 0 saturated heterocycles. The molecule has 1 aromatic heterocycles. The number of halogens is 1. The third kappa shape index (κ3) is 3.35. The van der Waals surface area contributed by atoms with Gasteiger partial charge in [0.1, 0.15) is 11.5 Å². The molecule has 0 aliphatic carbocycles. The molecule has 26 heavy (non-hydrogen) atoms. The number of carbonyl (C=O) groups is 1. The SMILES string of the molecule is CC(c1ccc(S(C)(=O)=O)cc1)N(C)C(=O)c1cc2c(F)cccc2[nH]1. The smallest absolute Gasteiger partial charge is 0.270 e. The van der Waals surface area contributed by atoms with Gasteiger partial charge in [-0.15, -0.1) is 0 Å². The summed E-state index contributed by atoms with van der Waals surface area (Å²) in [5, 5.41) is 0.370. The van der Waals surface area contributed by atoms with Gasteiger partial charge in [-0.1, -0.05) is 18.2 Å². The number of hydrogen-bond donors (Lipinski definition) is 1. The molecule has 0 aliphatic rings. The molecule has 0 fully saturated rings. The number of nitrogens with zero attached hydrogens (tertiary/aromatic N) is 1. The van der Waals surface area contributed by atoms with Gasteiger partial charge in [0.15, 0.2) is 9.84 Å². The summed E-state index contributed by atoms with van der Waals surface area (Å²) in [7, 11) is -1.61. The Labute approximate surface area is 151 Å². The van der Waals surface area contributed by atoms with Crippen LogP contribution in [0.5, 0.6) is 0 Å². The van der Waals surface area contributed by atoms with Gasteiger partial charge in [0.25, 0.3) is 5.91 Å². The number of fused-ring (bicyclic) bond motifs is 1. The van der Waals surface area contributed by atoms with E-state index in [0.29, 0.717) is 16.6 Å². The Morgan fingerprint density at radius 2 is 1.81 bits per heavy atom. The van der Waals surface area contributed by atoms with Crippen molar-refractivity contribution in [3.63, 3.8) is 0 Å². The fourth-order valence-electron chi connectivity index (χ4n) is 2.82. The summed E-state index contributed by atoms with van der Waals surface area (Å²) in [6.07, 6.45) is 1.15. The average Bonchev–Trinajstić information content (AvgIpc) is 3.05. The largest absolute Gasteiger partial charge is 0.350 e. The number of carbonyl (C=O) groups excluding carboxylic acids is 1. The maximum absolute atomic E-state index is 13.8. The molecule has 1 amide bonds. The van der Waals surface area contributed by atoms with Gasteiger partial charge in [0, 0.05) is 24.2 Å². The van der Waals surface area contributed by atoms with Gasteiger partial charge >= 0.3 is 0 Å². The summed E-state index contributed by atoms with van der Waals surface area (Å²) in [5.74, 6) is -0.662. The quantitative estimate of drug-likeness (QED) is 0.759. The molecule has 7 heteroatoms. The van der Waals surface area contributed by atoms with Crippen molar-refractivity contribution < 1.29 is 17.6 Å². The lowest BCUT2D eigenvalue weighted by Gasteiger charge is -2.25. The molecule has 2 aromatic carbocycles. The number of amides is 1. The van der Waals surface area contributed by atoms with E-state index < -0.39 is 9.84 Å². The Morgan fingerprint density at radius 3 is 2.38 bits per heavy atom. The monoisotopic (exact) mass is 374 g/mol. The molecule has 0 bridgehead atoms. The van der Waals surface area contributed by atoms with Gasteiger partial charge in [0.2, 0.25) is 0 Å². The lowest BCUT2D eigenvalue weighted by Crippen LogP contribution is -2.29. The number of aromatic nitrogens is 1. The molecule has 1 unspecified atom stereocenters. The van der Waals surface area contributed by atoms with Crippen molar-refractivity contribution in [2.24, 2.45) is 0 Å². The fraction of sp³-hybridized carbons (Fsp3) is 0.211. The van der Waals surface area contributed by atoms with Crippen LogP contribution in [0, 0.1) is 5.82 Å². The van der Waals surface area contributed by atoms with Gasteiger partial charge in [0.05, 0.1) is 10.9 Å². The minimum absolute atomic E-state index is 0.230. The van der Waals surface area contributed by atoms with Gasteiger partial charge in [-0.2, -0.15) is 0 Å². The molecule has 5 nitrogen and oxygen atoms in total. The van der Waals surface area contributed by atoms with Gasteiger partial charge in [-0.3, -0.25) is 4.79 Å². The van der Waals surface area contributed by atoms with Crippen LogP contribution in [0.15, 0.2) is 53.4 Å². The highest BCUT2D eigenvalue weighted by molar-refractivity contribution is 7.90. The zero-order valence-corrected chi connectivity index (χ0v) is 15.5. The summed E-state index contributed by atoms with van der Waals surface area (Å²) in [6.45, 7) is 1.84. The van der Waals surface area contributed by atoms with Crippen LogP contribution in [0.4, 0.5) is 4.39 Å². The average molecular weight is 374 g/mol. The molecule has 3 aromatic rings. The zero-order chi connectivity index (χ0) is 19.1. The van der Waals surface area contributed by atoms with Crippen LogP contribution in [-0.4, -0.2) is 37.5 Å². The second-order valence-corrected chi connectivity index (χ2v) is 8.33. The van der Waals surface area contributed by atoms with Crippen molar-refractivity contribution >= 4 is 26.6 Å². The number of rotatable bonds is 4. The van der Waals surface area contributed by atoms with Crippen LogP contribution in [0.2, 0.25) is 0 Å². The highest BCUT2D eigenvalue weighted by atomic mass is 32.2. The Balaban J connectivity index is 1.86. The number of nitrogens with one attached hydrogen (secondary N) is 1. The number of sulfone groups is 1. The van der Waals surface area contributed by atoms with E-state index in [1.807, 2.05) is 6.92 Å². The van der Waals surface area contributed by atoms with E-state index in [9.17, 15) is 17.6 Å². The van der Waals surface area contributed by atoms with Crippen molar-refractivity contribution in [1.29, 1.82) is 0 Å². The maximum atomic E-state index is 13.8. The van der Waals surface area contributed by atoms with E-state index in [4.69, 9.17) is 0 Å². The van der Waals surface area contributed by atoms with E-state index in [1.54, 1.807) is 31.3 Å². The third-order valence-corrected chi connectivity index (χ3v) is 5.66. The highest BCUT2D eigenvalue weighted by Crippen LogP contribution is 2.24. The lowest BCUT2D eigenvalue weighted by molar-refractivity contribution is 0.0737. The van der Waals surface area contributed by atoms with E-state index in [-0.39, 0.29) is 22.7 Å². The molecular formula is C19H19FN2O3S. The normalized spacial score (nSPS) is 12.9. The first-order valence-electron chi connectivity index (χ1n) is 8.03. The fourth-order valence-corrected chi connectivity index (χ4v) is 3.45. The van der Waals surface area contributed by atoms with Crippen LogP contribution >= 0.6 is 0 Å². The minimum Gasteiger partial charge on any atom is -0.350 e. The lowest BCUT2D eigenvalue weighted by atomic mass is 10.1. The molecular weight excluding hydrogens is 355 g/mol. The predicted octanol–water partition coefficient (Wildman–Crippen LogP) is 3.54. The van der Waals surface area contributed by atoms with Crippen LogP contribution in [0.3, 0.4) is 0 Å². The molecule has 0 spiro atoms. The van der Waals surface area contributed by atoms with Gasteiger partial charge < -0.3 is 9.88 Å². The molecule has 0 aliphatic heterocycles. The number of hydrogen-bond acceptors (Lipinski definition) is 3. The van der Waals surface area contributed by atoms with Crippen molar-refractivity contribution in [2.75, 3.05) is 13.3 Å². The van der Waals surface area contributed by atoms with Crippen LogP contribution in [0.1, 0.15) is 29.0 Å². The van der Waals surface area contributed by atoms with Crippen molar-refractivity contribution in [3.8, 4) is 0 Å². The Bertz CT molecular complexity index is 1070. The first-order valence-corrected chi connectivity index (χ1v) is 9.92. The van der Waals surface area contributed by atoms with Crippen molar-refractivity contribution in [1.82, 2.24) is 9.88 Å². The molecule has 1 N–H and O–H groups in total. The topological polar surface area (TPSA) is 70.2 Å². The van der Waals surface area contributed by atoms with E-state index in [2.05, 4.69) is 4.98 Å². The van der Waals surface area contributed by atoms with Gasteiger partial charge in [-0.25, -0.2) is 12.8 Å². The van der Waals surface area contributed by atoms with Gasteiger partial charge in [-0.05, 0) is 42.8 Å². The van der Waals surface area contributed by atoms with Crippen LogP contribution in [-0.2, 0) is 9.84 Å². The maximum Gasteiger partial charge on any atom is 0.270 e. The summed E-state index contributed by atoms with van der Waals surface area (Å²) >= 11 is 0. The first-order chi connectivity index (χ1) is 12.2. The van der Waals surface area contributed by atoms with E-state index >= 15 is 0 Å². The van der Waals surface area contributed by atoms with Crippen LogP contribution < -0.4 is 0 Å². The standard InChI is InChI=1S/C19H19FN2O3S/c1-12(13-7-9-14(10-8-13)26(3,24)25)22(2)19(23)18-11-15-16(20)5-4-6-17(15)21-18/h4-12,21H,1-3H3. The summed E-state index contributed by atoms with van der Waals surface area (Å²) < 4.78 is 36.9. The molecule has 136 valence electrons. The van der Waals surface area contributed by atoms with E-state index in [1.165, 1.54) is 29.2 Å². The summed E-state index contributed by atoms with van der Waals surface area (Å²) in [4.78, 5) is 17.4. The first kappa shape index (κ1) is 18.1. The molecule has 0 radical (unpaired) electrons. The summed E-state index contributed by atoms with van der Waals surface area (Å²) in [5.41, 5.74) is 1.66. The molecule has 0 saturated carbocycles. The zero-order valence-electron chi connectivity index (χ0n) is 14.7. The summed E-state index contributed by atoms with van der Waals surface area (Å²) in [6, 6.07) is 12.3. The third-order valence-electron chi connectivity index (χ3n) is 4.53. The molecule has 3 rings (SSSR count). The number of benzene rings is 2.